The maximum absolute atomic E-state index is 10.9. The van der Waals surface area contributed by atoms with E-state index in [0.717, 1.165) is 16.5 Å². The van der Waals surface area contributed by atoms with Gasteiger partial charge >= 0.3 is 11.9 Å². The number of nitrogens with one attached hydrogen (secondary N) is 1. The molecular formula is C14H15NO5. The van der Waals surface area contributed by atoms with Gasteiger partial charge in [0.25, 0.3) is 0 Å². The predicted molar refractivity (Wildman–Crippen MR) is 71.9 cm³/mol. The molecule has 0 fully saturated rings. The van der Waals surface area contributed by atoms with Crippen molar-refractivity contribution in [1.29, 1.82) is 0 Å². The van der Waals surface area contributed by atoms with Gasteiger partial charge in [-0.3, -0.25) is 4.79 Å². The molecule has 0 aliphatic rings. The molecule has 1 heterocycles. The minimum Gasteiger partial charge on any atom is -0.482 e. The van der Waals surface area contributed by atoms with Gasteiger partial charge in [-0.25, -0.2) is 4.79 Å². The van der Waals surface area contributed by atoms with Crippen LogP contribution < -0.4 is 4.74 Å². The van der Waals surface area contributed by atoms with Crippen LogP contribution in [0, 0.1) is 5.92 Å². The minimum absolute atomic E-state index is 0.401. The van der Waals surface area contributed by atoms with Gasteiger partial charge in [-0.05, 0) is 30.2 Å². The number of H-pyrrole nitrogens is 1. The average Bonchev–Trinajstić information content (AvgIpc) is 2.79. The monoisotopic (exact) mass is 277 g/mol. The Kier molecular flexibility index (Phi) is 3.93. The van der Waals surface area contributed by atoms with Crippen LogP contribution in [0.2, 0.25) is 0 Å². The maximum Gasteiger partial charge on any atom is 0.341 e. The van der Waals surface area contributed by atoms with Crippen molar-refractivity contribution in [3.05, 3.63) is 30.0 Å². The summed E-state index contributed by atoms with van der Waals surface area (Å²) < 4.78 is 5.12. The molecule has 0 aliphatic carbocycles. The number of benzene rings is 1. The van der Waals surface area contributed by atoms with Gasteiger partial charge < -0.3 is 19.9 Å². The van der Waals surface area contributed by atoms with E-state index in [1.807, 2.05) is 0 Å². The highest BCUT2D eigenvalue weighted by molar-refractivity contribution is 5.85. The summed E-state index contributed by atoms with van der Waals surface area (Å²) in [5, 5.41) is 18.4. The Bertz CT molecular complexity index is 646. The Hall–Kier alpha value is -2.50. The second-order valence-electron chi connectivity index (χ2n) is 4.65. The summed E-state index contributed by atoms with van der Waals surface area (Å²) in [5.41, 5.74) is 1.73. The van der Waals surface area contributed by atoms with E-state index in [0.29, 0.717) is 12.2 Å². The molecule has 0 radical (unpaired) electrons. The first kappa shape index (κ1) is 13.9. The fraction of sp³-hybridized carbons (Fsp3) is 0.286. The van der Waals surface area contributed by atoms with Crippen LogP contribution >= 0.6 is 0 Å². The number of aromatic amines is 1. The Morgan fingerprint density at radius 1 is 1.35 bits per heavy atom. The molecule has 2 rings (SSSR count). The molecule has 0 amide bonds. The highest BCUT2D eigenvalue weighted by Gasteiger charge is 2.14. The van der Waals surface area contributed by atoms with Gasteiger partial charge in [-0.1, -0.05) is 6.92 Å². The second-order valence-corrected chi connectivity index (χ2v) is 4.65. The molecule has 3 N–H and O–H groups in total. The molecule has 1 atom stereocenters. The first-order chi connectivity index (χ1) is 9.47. The van der Waals surface area contributed by atoms with E-state index in [-0.39, 0.29) is 0 Å². The van der Waals surface area contributed by atoms with Gasteiger partial charge in [0.15, 0.2) is 6.61 Å². The van der Waals surface area contributed by atoms with Crippen LogP contribution in [0.1, 0.15) is 12.5 Å². The van der Waals surface area contributed by atoms with Crippen molar-refractivity contribution in [3.63, 3.8) is 0 Å². The van der Waals surface area contributed by atoms with Crippen molar-refractivity contribution >= 4 is 22.8 Å². The zero-order chi connectivity index (χ0) is 14.7. The van der Waals surface area contributed by atoms with Gasteiger partial charge in [0.2, 0.25) is 0 Å². The zero-order valence-corrected chi connectivity index (χ0v) is 10.9. The third-order valence-electron chi connectivity index (χ3n) is 3.05. The zero-order valence-electron chi connectivity index (χ0n) is 10.9. The summed E-state index contributed by atoms with van der Waals surface area (Å²) in [5.74, 6) is -1.93. The molecule has 2 aromatic rings. The summed E-state index contributed by atoms with van der Waals surface area (Å²) in [7, 11) is 0. The largest absolute Gasteiger partial charge is 0.482 e. The third-order valence-corrected chi connectivity index (χ3v) is 3.05. The Morgan fingerprint density at radius 3 is 2.75 bits per heavy atom. The van der Waals surface area contributed by atoms with Crippen molar-refractivity contribution in [3.8, 4) is 5.75 Å². The van der Waals surface area contributed by atoms with Crippen LogP contribution in [0.15, 0.2) is 24.4 Å². The van der Waals surface area contributed by atoms with Crippen LogP contribution in [0.3, 0.4) is 0 Å². The lowest BCUT2D eigenvalue weighted by Gasteiger charge is -2.06. The van der Waals surface area contributed by atoms with E-state index < -0.39 is 24.5 Å². The van der Waals surface area contributed by atoms with E-state index >= 15 is 0 Å². The summed E-state index contributed by atoms with van der Waals surface area (Å²) in [6.45, 7) is 1.24. The molecule has 0 unspecified atom stereocenters. The predicted octanol–water partition coefficient (Wildman–Crippen LogP) is 1.89. The highest BCUT2D eigenvalue weighted by atomic mass is 16.5. The van der Waals surface area contributed by atoms with E-state index in [1.54, 1.807) is 31.3 Å². The molecule has 0 saturated heterocycles. The minimum atomic E-state index is -1.04. The van der Waals surface area contributed by atoms with Crippen LogP contribution in [0.25, 0.3) is 10.9 Å². The van der Waals surface area contributed by atoms with Gasteiger partial charge in [0.05, 0.1) is 5.92 Å². The highest BCUT2D eigenvalue weighted by Crippen LogP contribution is 2.25. The smallest absolute Gasteiger partial charge is 0.341 e. The topological polar surface area (TPSA) is 99.6 Å². The lowest BCUT2D eigenvalue weighted by atomic mass is 10.0. The molecule has 20 heavy (non-hydrogen) atoms. The van der Waals surface area contributed by atoms with Crippen molar-refractivity contribution in [2.45, 2.75) is 13.3 Å². The third kappa shape index (κ3) is 3.09. The Labute approximate surface area is 115 Å². The van der Waals surface area contributed by atoms with Crippen molar-refractivity contribution in [2.24, 2.45) is 5.92 Å². The number of carboxylic acids is 2. The number of hydrogen-bond donors (Lipinski definition) is 3. The lowest BCUT2D eigenvalue weighted by molar-refractivity contribution is -0.141. The normalized spacial score (nSPS) is 12.2. The molecule has 0 saturated carbocycles. The summed E-state index contributed by atoms with van der Waals surface area (Å²) >= 11 is 0. The first-order valence-electron chi connectivity index (χ1n) is 6.15. The number of carbonyl (C=O) groups is 2. The molecule has 0 bridgehead atoms. The number of ether oxygens (including phenoxy) is 1. The molecule has 106 valence electrons. The molecular weight excluding hydrogens is 262 g/mol. The van der Waals surface area contributed by atoms with Gasteiger partial charge in [-0.15, -0.1) is 0 Å². The molecule has 0 aliphatic heterocycles. The Balaban J connectivity index is 2.25. The number of rotatable bonds is 6. The molecule has 1 aromatic carbocycles. The summed E-state index contributed by atoms with van der Waals surface area (Å²) in [6, 6.07) is 5.17. The van der Waals surface area contributed by atoms with E-state index in [9.17, 15) is 9.59 Å². The maximum atomic E-state index is 10.9. The van der Waals surface area contributed by atoms with Crippen LogP contribution in [0.5, 0.6) is 5.75 Å². The number of aliphatic carboxylic acids is 2. The number of carboxylic acid groups (broad SMARTS) is 2. The fourth-order valence-electron chi connectivity index (χ4n) is 1.98. The summed E-state index contributed by atoms with van der Waals surface area (Å²) in [4.78, 5) is 24.4. The average molecular weight is 277 g/mol. The second kappa shape index (κ2) is 5.64. The SMILES string of the molecule is C[C@@H](Cc1c[nH]c2ccc(OCC(=O)O)cc12)C(=O)O. The lowest BCUT2D eigenvalue weighted by Crippen LogP contribution is -2.12. The van der Waals surface area contributed by atoms with Gasteiger partial charge in [0.1, 0.15) is 5.75 Å². The number of fused-ring (bicyclic) bond motifs is 1. The number of hydrogen-bond acceptors (Lipinski definition) is 3. The van der Waals surface area contributed by atoms with E-state index in [1.165, 1.54) is 0 Å². The van der Waals surface area contributed by atoms with Crippen molar-refractivity contribution in [1.82, 2.24) is 4.98 Å². The van der Waals surface area contributed by atoms with Gasteiger partial charge in [-0.2, -0.15) is 0 Å². The quantitative estimate of drug-likeness (QED) is 0.748. The first-order valence-corrected chi connectivity index (χ1v) is 6.15. The number of aromatic nitrogens is 1. The van der Waals surface area contributed by atoms with E-state index in [2.05, 4.69) is 4.98 Å². The fourth-order valence-corrected chi connectivity index (χ4v) is 1.98. The van der Waals surface area contributed by atoms with Crippen LogP contribution in [0.4, 0.5) is 0 Å². The van der Waals surface area contributed by atoms with Gasteiger partial charge in [0, 0.05) is 17.1 Å². The standard InChI is InChI=1S/C14H15NO5/c1-8(14(18)19)4-9-6-15-12-3-2-10(5-11(9)12)20-7-13(16)17/h2-3,5-6,8,15H,4,7H2,1H3,(H,16,17)(H,18,19)/t8-/m0/s1. The van der Waals surface area contributed by atoms with Crippen molar-refractivity contribution in [2.75, 3.05) is 6.61 Å². The van der Waals surface area contributed by atoms with E-state index in [4.69, 9.17) is 14.9 Å². The summed E-state index contributed by atoms with van der Waals surface area (Å²) in [6.07, 6.45) is 2.17. The molecule has 6 heteroatoms. The molecule has 1 aromatic heterocycles. The van der Waals surface area contributed by atoms with Crippen molar-refractivity contribution < 1.29 is 24.5 Å². The molecule has 0 spiro atoms. The molecule has 6 nitrogen and oxygen atoms in total. The Morgan fingerprint density at radius 2 is 2.10 bits per heavy atom. The van der Waals surface area contributed by atoms with Crippen LogP contribution in [-0.4, -0.2) is 33.7 Å². The van der Waals surface area contributed by atoms with Crippen LogP contribution in [-0.2, 0) is 16.0 Å².